The number of hydrogen-bond acceptors (Lipinski definition) is 2. The van der Waals surface area contributed by atoms with Crippen molar-refractivity contribution in [3.05, 3.63) is 50.0 Å². The van der Waals surface area contributed by atoms with Gasteiger partial charge < -0.3 is 0 Å². The average molecular weight is 332 g/mol. The first-order valence-electron chi connectivity index (χ1n) is 5.19. The Morgan fingerprint density at radius 1 is 0.947 bits per heavy atom. The molecule has 0 aliphatic heterocycles. The van der Waals surface area contributed by atoms with E-state index < -0.39 is 0 Å². The summed E-state index contributed by atoms with van der Waals surface area (Å²) >= 11 is 23.9. The number of nitriles is 1. The monoisotopic (exact) mass is 330 g/mol. The molecule has 0 amide bonds. The lowest BCUT2D eigenvalue weighted by atomic mass is 10.1. The summed E-state index contributed by atoms with van der Waals surface area (Å²) in [5, 5.41) is 10.4. The fourth-order valence-corrected chi connectivity index (χ4v) is 2.38. The molecule has 2 aromatic rings. The van der Waals surface area contributed by atoms with Gasteiger partial charge in [0.15, 0.2) is 0 Å². The molecule has 0 unspecified atom stereocenters. The normalized spacial score (nSPS) is 10.3. The van der Waals surface area contributed by atoms with Crippen molar-refractivity contribution in [3.63, 3.8) is 0 Å². The fraction of sp³-hybridized carbons (Fsp3) is 0.0769. The topological polar surface area (TPSA) is 36.7 Å². The molecule has 0 radical (unpaired) electrons. The molecule has 2 rings (SSSR count). The average Bonchev–Trinajstić information content (AvgIpc) is 2.37. The number of rotatable bonds is 2. The van der Waals surface area contributed by atoms with Gasteiger partial charge in [0.25, 0.3) is 0 Å². The van der Waals surface area contributed by atoms with Crippen LogP contribution in [0.1, 0.15) is 5.56 Å². The fourth-order valence-electron chi connectivity index (χ4n) is 1.57. The zero-order valence-electron chi connectivity index (χ0n) is 9.42. The Kier molecular flexibility index (Phi) is 4.54. The predicted molar refractivity (Wildman–Crippen MR) is 79.0 cm³/mol. The lowest BCUT2D eigenvalue weighted by Crippen LogP contribution is -1.91. The highest BCUT2D eigenvalue weighted by molar-refractivity contribution is 6.44. The van der Waals surface area contributed by atoms with Crippen LogP contribution in [0.4, 0.5) is 0 Å². The van der Waals surface area contributed by atoms with Crippen LogP contribution in [0.2, 0.25) is 20.1 Å². The van der Waals surface area contributed by atoms with Crippen LogP contribution >= 0.6 is 46.4 Å². The molecule has 6 heteroatoms. The molecule has 0 saturated carbocycles. The lowest BCUT2D eigenvalue weighted by molar-refractivity contribution is 1.21. The molecule has 1 heterocycles. The van der Waals surface area contributed by atoms with Gasteiger partial charge in [-0.25, -0.2) is 0 Å². The van der Waals surface area contributed by atoms with Gasteiger partial charge in [0.1, 0.15) is 0 Å². The summed E-state index contributed by atoms with van der Waals surface area (Å²) in [6, 6.07) is 6.96. The zero-order valence-corrected chi connectivity index (χ0v) is 12.4. The number of pyridine rings is 1. The molecule has 0 spiro atoms. The van der Waals surface area contributed by atoms with Gasteiger partial charge in [-0.2, -0.15) is 5.26 Å². The standard InChI is InChI=1S/C13H6Cl4N2/c14-9-5-11(16)10(15)4-8(9)13-3-7(1-2-18)12(17)6-19-13/h3-6H,1H2. The van der Waals surface area contributed by atoms with Crippen LogP contribution in [0.15, 0.2) is 24.4 Å². The number of hydrogen-bond donors (Lipinski definition) is 0. The highest BCUT2D eigenvalue weighted by Gasteiger charge is 2.11. The summed E-state index contributed by atoms with van der Waals surface area (Å²) in [6.45, 7) is 0. The van der Waals surface area contributed by atoms with E-state index in [4.69, 9.17) is 51.7 Å². The van der Waals surface area contributed by atoms with Crippen molar-refractivity contribution in [2.75, 3.05) is 0 Å². The van der Waals surface area contributed by atoms with Crippen LogP contribution in [0.3, 0.4) is 0 Å². The van der Waals surface area contributed by atoms with Crippen LogP contribution in [0, 0.1) is 11.3 Å². The first-order valence-corrected chi connectivity index (χ1v) is 6.70. The minimum absolute atomic E-state index is 0.202. The molecule has 19 heavy (non-hydrogen) atoms. The molecule has 0 saturated heterocycles. The SMILES string of the molecule is N#CCc1cc(-c2cc(Cl)c(Cl)cc2Cl)ncc1Cl. The second kappa shape index (κ2) is 5.98. The molecular weight excluding hydrogens is 326 g/mol. The summed E-state index contributed by atoms with van der Waals surface area (Å²) in [5.74, 6) is 0. The first-order chi connectivity index (χ1) is 9.02. The van der Waals surface area contributed by atoms with E-state index in [1.807, 2.05) is 6.07 Å². The Morgan fingerprint density at radius 2 is 1.63 bits per heavy atom. The first kappa shape index (κ1) is 14.4. The summed E-state index contributed by atoms with van der Waals surface area (Å²) in [4.78, 5) is 4.20. The third kappa shape index (κ3) is 3.13. The second-order valence-corrected chi connectivity index (χ2v) is 5.37. The predicted octanol–water partition coefficient (Wildman–Crippen LogP) is 5.43. The van der Waals surface area contributed by atoms with Gasteiger partial charge in [-0.3, -0.25) is 4.98 Å². The number of nitrogens with zero attached hydrogens (tertiary/aromatic N) is 2. The third-order valence-corrected chi connectivity index (χ3v) is 3.87. The van der Waals surface area contributed by atoms with Crippen molar-refractivity contribution >= 4 is 46.4 Å². The highest BCUT2D eigenvalue weighted by atomic mass is 35.5. The molecule has 0 atom stereocenters. The number of aromatic nitrogens is 1. The summed E-state index contributed by atoms with van der Waals surface area (Å²) in [6.07, 6.45) is 1.69. The third-order valence-electron chi connectivity index (χ3n) is 2.49. The van der Waals surface area contributed by atoms with Crippen LogP contribution in [0.5, 0.6) is 0 Å². The molecular formula is C13H6Cl4N2. The molecule has 1 aromatic heterocycles. The molecule has 0 aliphatic rings. The summed E-state index contributed by atoms with van der Waals surface area (Å²) in [7, 11) is 0. The summed E-state index contributed by atoms with van der Waals surface area (Å²) < 4.78 is 0. The van der Waals surface area contributed by atoms with Crippen molar-refractivity contribution in [3.8, 4) is 17.3 Å². The Bertz CT molecular complexity index is 677. The zero-order chi connectivity index (χ0) is 14.0. The second-order valence-electron chi connectivity index (χ2n) is 3.74. The molecule has 0 bridgehead atoms. The van der Waals surface area contributed by atoms with Crippen molar-refractivity contribution in [2.24, 2.45) is 0 Å². The van der Waals surface area contributed by atoms with Crippen LogP contribution in [0.25, 0.3) is 11.3 Å². The Morgan fingerprint density at radius 3 is 2.32 bits per heavy atom. The van der Waals surface area contributed by atoms with Crippen LogP contribution < -0.4 is 0 Å². The van der Waals surface area contributed by atoms with Gasteiger partial charge in [-0.15, -0.1) is 0 Å². The summed E-state index contributed by atoms with van der Waals surface area (Å²) in [5.41, 5.74) is 1.93. The van der Waals surface area contributed by atoms with E-state index in [1.54, 1.807) is 18.2 Å². The van der Waals surface area contributed by atoms with Crippen molar-refractivity contribution in [2.45, 2.75) is 6.42 Å². The largest absolute Gasteiger partial charge is 0.255 e. The van der Waals surface area contributed by atoms with E-state index in [-0.39, 0.29) is 6.42 Å². The number of benzene rings is 1. The molecule has 0 fully saturated rings. The Hall–Kier alpha value is -0.980. The Labute approximate surface area is 130 Å². The van der Waals surface area contributed by atoms with Crippen LogP contribution in [-0.4, -0.2) is 4.98 Å². The minimum atomic E-state index is 0.202. The molecule has 0 aliphatic carbocycles. The van der Waals surface area contributed by atoms with Gasteiger partial charge in [-0.1, -0.05) is 46.4 Å². The van der Waals surface area contributed by atoms with E-state index in [0.717, 1.165) is 0 Å². The highest BCUT2D eigenvalue weighted by Crippen LogP contribution is 2.35. The Balaban J connectivity index is 2.57. The van der Waals surface area contributed by atoms with E-state index in [2.05, 4.69) is 4.98 Å². The van der Waals surface area contributed by atoms with Gasteiger partial charge >= 0.3 is 0 Å². The number of halogens is 4. The minimum Gasteiger partial charge on any atom is -0.255 e. The van der Waals surface area contributed by atoms with Gasteiger partial charge in [0, 0.05) is 11.8 Å². The molecule has 0 N–H and O–H groups in total. The van der Waals surface area contributed by atoms with Crippen molar-refractivity contribution in [1.29, 1.82) is 5.26 Å². The van der Waals surface area contributed by atoms with E-state index in [0.29, 0.717) is 36.9 Å². The van der Waals surface area contributed by atoms with E-state index in [1.165, 1.54) is 6.20 Å². The molecule has 2 nitrogen and oxygen atoms in total. The van der Waals surface area contributed by atoms with Crippen LogP contribution in [-0.2, 0) is 6.42 Å². The van der Waals surface area contributed by atoms with Gasteiger partial charge in [-0.05, 0) is 23.8 Å². The van der Waals surface area contributed by atoms with E-state index in [9.17, 15) is 0 Å². The maximum Gasteiger partial charge on any atom is 0.0721 e. The lowest BCUT2D eigenvalue weighted by Gasteiger charge is -2.08. The van der Waals surface area contributed by atoms with Crippen molar-refractivity contribution < 1.29 is 0 Å². The van der Waals surface area contributed by atoms with Gasteiger partial charge in [0.05, 0.1) is 38.3 Å². The maximum absolute atomic E-state index is 8.75. The van der Waals surface area contributed by atoms with Crippen molar-refractivity contribution in [1.82, 2.24) is 4.98 Å². The quantitative estimate of drug-likeness (QED) is 0.688. The molecule has 1 aromatic carbocycles. The smallest absolute Gasteiger partial charge is 0.0721 e. The molecule has 96 valence electrons. The van der Waals surface area contributed by atoms with E-state index >= 15 is 0 Å². The van der Waals surface area contributed by atoms with Gasteiger partial charge in [0.2, 0.25) is 0 Å². The maximum atomic E-state index is 8.75.